The van der Waals surface area contributed by atoms with Gasteiger partial charge in [0.1, 0.15) is 5.69 Å². The van der Waals surface area contributed by atoms with E-state index in [0.29, 0.717) is 12.0 Å². The minimum absolute atomic E-state index is 0.00158. The predicted molar refractivity (Wildman–Crippen MR) is 83.4 cm³/mol. The highest BCUT2D eigenvalue weighted by molar-refractivity contribution is 7.98. The molecule has 1 amide bonds. The Hall–Kier alpha value is -1.87. The van der Waals surface area contributed by atoms with Gasteiger partial charge in [0.15, 0.2) is 5.16 Å². The molecule has 1 aromatic rings. The van der Waals surface area contributed by atoms with Crippen molar-refractivity contribution in [3.63, 3.8) is 0 Å². The molecule has 23 heavy (non-hydrogen) atoms. The number of rotatable bonds is 7. The van der Waals surface area contributed by atoms with Crippen LogP contribution in [-0.4, -0.2) is 40.6 Å². The lowest BCUT2D eigenvalue weighted by Crippen LogP contribution is -2.23. The monoisotopic (exact) mass is 346 g/mol. The second-order valence-electron chi connectivity index (χ2n) is 4.34. The number of carbonyl (C=O) groups is 1. The van der Waals surface area contributed by atoms with Crippen molar-refractivity contribution in [1.29, 1.82) is 0 Å². The number of alkyl halides is 3. The molecular formula is C14H17F3N4OS. The Morgan fingerprint density at radius 3 is 2.61 bits per heavy atom. The predicted octanol–water partition coefficient (Wildman–Crippen LogP) is 2.55. The number of hydrogen-bond acceptors (Lipinski definition) is 5. The van der Waals surface area contributed by atoms with E-state index in [1.165, 1.54) is 11.1 Å². The molecule has 0 spiro atoms. The van der Waals surface area contributed by atoms with Gasteiger partial charge in [-0.05, 0) is 19.2 Å². The number of carbonyl (C=O) groups excluding carboxylic acids is 1. The van der Waals surface area contributed by atoms with E-state index in [0.717, 1.165) is 17.8 Å². The topological polar surface area (TPSA) is 72.1 Å². The Morgan fingerprint density at radius 1 is 1.43 bits per heavy atom. The molecule has 0 aliphatic rings. The average molecular weight is 346 g/mol. The molecule has 0 fully saturated rings. The van der Waals surface area contributed by atoms with Gasteiger partial charge in [-0.15, -0.1) is 0 Å². The molecule has 1 rings (SSSR count). The fourth-order valence-electron chi connectivity index (χ4n) is 1.66. The van der Waals surface area contributed by atoms with Gasteiger partial charge in [0, 0.05) is 24.9 Å². The first-order valence-corrected chi connectivity index (χ1v) is 7.84. The third-order valence-corrected chi connectivity index (χ3v) is 3.20. The summed E-state index contributed by atoms with van der Waals surface area (Å²) in [6.07, 6.45) is 2.18. The average Bonchev–Trinajstić information content (AvgIpc) is 2.52. The van der Waals surface area contributed by atoms with E-state index in [2.05, 4.69) is 9.97 Å². The molecule has 0 bridgehead atoms. The van der Waals surface area contributed by atoms with Gasteiger partial charge in [-0.1, -0.05) is 23.9 Å². The van der Waals surface area contributed by atoms with Crippen molar-refractivity contribution in [2.24, 2.45) is 5.73 Å². The zero-order valence-electron chi connectivity index (χ0n) is 12.7. The Morgan fingerprint density at radius 2 is 2.13 bits per heavy atom. The number of hydrogen-bond donors (Lipinski definition) is 1. The maximum Gasteiger partial charge on any atom is 0.433 e. The number of aromatic nitrogens is 2. The van der Waals surface area contributed by atoms with Crippen LogP contribution < -0.4 is 5.73 Å². The molecule has 126 valence electrons. The summed E-state index contributed by atoms with van der Waals surface area (Å²) in [4.78, 5) is 19.8. The van der Waals surface area contributed by atoms with Crippen molar-refractivity contribution in [2.45, 2.75) is 18.3 Å². The molecule has 9 heteroatoms. The van der Waals surface area contributed by atoms with Crippen LogP contribution in [0.1, 0.15) is 18.3 Å². The highest BCUT2D eigenvalue weighted by atomic mass is 32.2. The molecule has 1 heterocycles. The van der Waals surface area contributed by atoms with E-state index in [4.69, 9.17) is 5.73 Å². The molecule has 0 saturated heterocycles. The van der Waals surface area contributed by atoms with Gasteiger partial charge in [-0.25, -0.2) is 9.97 Å². The summed E-state index contributed by atoms with van der Waals surface area (Å²) >= 11 is 1.01. The minimum Gasteiger partial charge on any atom is -0.329 e. The van der Waals surface area contributed by atoms with E-state index in [1.807, 2.05) is 0 Å². The summed E-state index contributed by atoms with van der Waals surface area (Å²) in [6.45, 7) is 2.19. The van der Waals surface area contributed by atoms with Gasteiger partial charge < -0.3 is 10.6 Å². The standard InChI is InChI=1S/C14H17F3N4OS/c1-3-4-10(8-21(9-22)6-5-18)11-7-12(14(15,16)17)20-13(19-11)23-2/h3-4,7-9H,5-6,18H2,1-2H3/b4-3-,10-8+. The molecule has 0 aliphatic carbocycles. The number of thioether (sulfide) groups is 1. The quantitative estimate of drug-likeness (QED) is 0.356. The third-order valence-electron chi connectivity index (χ3n) is 2.65. The summed E-state index contributed by atoms with van der Waals surface area (Å²) in [5.74, 6) is 0. The largest absolute Gasteiger partial charge is 0.433 e. The number of halogens is 3. The fourth-order valence-corrected chi connectivity index (χ4v) is 2.04. The zero-order valence-corrected chi connectivity index (χ0v) is 13.5. The minimum atomic E-state index is -4.58. The first-order chi connectivity index (χ1) is 10.8. The van der Waals surface area contributed by atoms with Crippen LogP contribution in [0.2, 0.25) is 0 Å². The maximum atomic E-state index is 13.0. The van der Waals surface area contributed by atoms with Crippen LogP contribution in [0.25, 0.3) is 5.57 Å². The molecule has 0 saturated carbocycles. The smallest absolute Gasteiger partial charge is 0.329 e. The van der Waals surface area contributed by atoms with Crippen molar-refractivity contribution in [2.75, 3.05) is 19.3 Å². The Kier molecular flexibility index (Phi) is 7.24. The Balaban J connectivity index is 3.42. The highest BCUT2D eigenvalue weighted by Crippen LogP contribution is 2.30. The van der Waals surface area contributed by atoms with E-state index in [9.17, 15) is 18.0 Å². The second-order valence-corrected chi connectivity index (χ2v) is 5.11. The summed E-state index contributed by atoms with van der Waals surface area (Å²) in [5, 5.41) is 0.00158. The summed E-state index contributed by atoms with van der Waals surface area (Å²) in [6, 6.07) is 0.858. The first kappa shape index (κ1) is 19.2. The third kappa shape index (κ3) is 5.68. The lowest BCUT2D eigenvalue weighted by atomic mass is 10.1. The van der Waals surface area contributed by atoms with E-state index >= 15 is 0 Å². The lowest BCUT2D eigenvalue weighted by Gasteiger charge is -2.14. The zero-order chi connectivity index (χ0) is 17.5. The van der Waals surface area contributed by atoms with Crippen LogP contribution in [0, 0.1) is 0 Å². The fraction of sp³-hybridized carbons (Fsp3) is 0.357. The molecule has 5 nitrogen and oxygen atoms in total. The van der Waals surface area contributed by atoms with Gasteiger partial charge in [-0.3, -0.25) is 4.79 Å². The molecule has 2 N–H and O–H groups in total. The van der Waals surface area contributed by atoms with Crippen molar-refractivity contribution in [1.82, 2.24) is 14.9 Å². The van der Waals surface area contributed by atoms with Crippen LogP contribution in [0.5, 0.6) is 0 Å². The molecular weight excluding hydrogens is 329 g/mol. The van der Waals surface area contributed by atoms with Crippen LogP contribution in [0.15, 0.2) is 29.6 Å². The van der Waals surface area contributed by atoms with Crippen molar-refractivity contribution in [3.8, 4) is 0 Å². The van der Waals surface area contributed by atoms with Gasteiger partial charge >= 0.3 is 6.18 Å². The normalized spacial score (nSPS) is 12.7. The molecule has 1 aromatic heterocycles. The number of amides is 1. The molecule has 0 aliphatic heterocycles. The van der Waals surface area contributed by atoms with Crippen molar-refractivity contribution in [3.05, 3.63) is 35.8 Å². The van der Waals surface area contributed by atoms with Gasteiger partial charge in [0.25, 0.3) is 0 Å². The molecule has 0 aromatic carbocycles. The van der Waals surface area contributed by atoms with Crippen LogP contribution in [0.4, 0.5) is 13.2 Å². The van der Waals surface area contributed by atoms with E-state index in [-0.39, 0.29) is 23.9 Å². The van der Waals surface area contributed by atoms with E-state index < -0.39 is 11.9 Å². The van der Waals surface area contributed by atoms with Gasteiger partial charge in [0.05, 0.1) is 5.69 Å². The molecule has 0 radical (unpaired) electrons. The summed E-state index contributed by atoms with van der Waals surface area (Å²) < 4.78 is 38.9. The SMILES string of the molecule is C/C=C\C(=C/N(C=O)CCN)c1cc(C(F)(F)F)nc(SC)n1. The number of nitrogens with two attached hydrogens (primary N) is 1. The van der Waals surface area contributed by atoms with Crippen LogP contribution >= 0.6 is 11.8 Å². The highest BCUT2D eigenvalue weighted by Gasteiger charge is 2.33. The Bertz CT molecular complexity index is 602. The molecule has 0 atom stereocenters. The number of nitrogens with zero attached hydrogens (tertiary/aromatic N) is 3. The van der Waals surface area contributed by atoms with Crippen LogP contribution in [-0.2, 0) is 11.0 Å². The maximum absolute atomic E-state index is 13.0. The Labute approximate surface area is 136 Å². The molecule has 0 unspecified atom stereocenters. The van der Waals surface area contributed by atoms with Gasteiger partial charge in [0.2, 0.25) is 6.41 Å². The first-order valence-electron chi connectivity index (χ1n) is 6.62. The van der Waals surface area contributed by atoms with Crippen molar-refractivity contribution < 1.29 is 18.0 Å². The summed E-state index contributed by atoms with van der Waals surface area (Å²) in [5.41, 5.74) is 4.81. The number of allylic oxidation sites excluding steroid dienone is 3. The second kappa shape index (κ2) is 8.68. The lowest BCUT2D eigenvalue weighted by molar-refractivity contribution is -0.141. The van der Waals surface area contributed by atoms with Crippen molar-refractivity contribution >= 4 is 23.7 Å². The van der Waals surface area contributed by atoms with E-state index in [1.54, 1.807) is 25.3 Å². The van der Waals surface area contributed by atoms with Crippen LogP contribution in [0.3, 0.4) is 0 Å². The van der Waals surface area contributed by atoms with Gasteiger partial charge in [-0.2, -0.15) is 13.2 Å². The summed E-state index contributed by atoms with van der Waals surface area (Å²) in [7, 11) is 0.